The molecule has 0 spiro atoms. The first-order valence-corrected chi connectivity index (χ1v) is 18.9. The van der Waals surface area contributed by atoms with Crippen LogP contribution in [0.5, 0.6) is 0 Å². The Kier molecular flexibility index (Phi) is 27.2. The van der Waals surface area contributed by atoms with Gasteiger partial charge in [0.1, 0.15) is 23.6 Å². The van der Waals surface area contributed by atoms with Crippen molar-refractivity contribution in [3.05, 3.63) is 71.0 Å². The fourth-order valence-electron chi connectivity index (χ4n) is 4.39. The summed E-state index contributed by atoms with van der Waals surface area (Å²) in [7, 11) is -18.3. The number of nitro benzene ring substituents is 2. The molecule has 5 atom stereocenters. The number of carbonyl (C=O) groups excluding carboxylic acids is 1. The van der Waals surface area contributed by atoms with Crippen LogP contribution in [0.15, 0.2) is 34.0 Å². The number of H-pyrrole nitrogens is 1. The van der Waals surface area contributed by atoms with Crippen molar-refractivity contribution >= 4 is 46.4 Å². The second-order valence-corrected chi connectivity index (χ2v) is 14.7. The molecule has 2 unspecified atom stereocenters. The SMILES string of the molecule is O=C(CCCCCNc1ccc([N+](=O)[O-])cc1[N+](=O)[O-])NCC#Cc1cn([C@H]2C[C@H](O)[C@@H](COP(=O)([O-])OP(=O)([O-])OP(=O)([O-])[O-])O2)c(=O)[nH]c1=O.[Na+].[Na+].[Na+].[Na+]. The number of non-ortho nitro benzene ring substituents is 1. The predicted octanol–water partition coefficient (Wildman–Crippen LogP) is -14.0. The fourth-order valence-corrected chi connectivity index (χ4v) is 7.25. The molecule has 3 rings (SSSR count). The number of amides is 1. The summed E-state index contributed by atoms with van der Waals surface area (Å²) >= 11 is 0. The van der Waals surface area contributed by atoms with Crippen LogP contribution in [0.25, 0.3) is 0 Å². The van der Waals surface area contributed by atoms with Crippen molar-refractivity contribution in [3.8, 4) is 11.8 Å². The number of aliphatic hydroxyl groups excluding tert-OH is 1. The summed E-state index contributed by atoms with van der Waals surface area (Å²) in [5.41, 5.74) is -2.97. The van der Waals surface area contributed by atoms with Crippen molar-refractivity contribution in [1.82, 2.24) is 14.9 Å². The van der Waals surface area contributed by atoms with Crippen LogP contribution in [0.3, 0.4) is 0 Å². The van der Waals surface area contributed by atoms with Crippen LogP contribution in [0, 0.1) is 32.1 Å². The smallest absolute Gasteiger partial charge is 0.790 e. The Labute approximate surface area is 404 Å². The van der Waals surface area contributed by atoms with Gasteiger partial charge in [0.05, 0.1) is 43.0 Å². The van der Waals surface area contributed by atoms with Crippen LogP contribution in [0.4, 0.5) is 17.1 Å². The first-order chi connectivity index (χ1) is 24.2. The number of phosphoric ester groups is 1. The Hall–Kier alpha value is -0.140. The summed E-state index contributed by atoms with van der Waals surface area (Å²) in [6.45, 7) is -1.03. The normalized spacial score (nSPS) is 18.1. The van der Waals surface area contributed by atoms with E-state index >= 15 is 0 Å². The molecule has 1 aromatic heterocycles. The minimum Gasteiger partial charge on any atom is -0.790 e. The van der Waals surface area contributed by atoms with E-state index in [1.165, 1.54) is 6.07 Å². The third-order valence-electron chi connectivity index (χ3n) is 6.66. The molecule has 1 aliphatic heterocycles. The molecular weight excluding hydrogens is 861 g/mol. The van der Waals surface area contributed by atoms with Crippen LogP contribution in [-0.2, 0) is 36.4 Å². The van der Waals surface area contributed by atoms with Gasteiger partial charge in [-0.3, -0.25) is 52.8 Å². The third-order valence-corrected chi connectivity index (χ3v) is 10.3. The third kappa shape index (κ3) is 19.9. The molecule has 0 bridgehead atoms. The summed E-state index contributed by atoms with van der Waals surface area (Å²) in [6, 6.07) is 3.22. The van der Waals surface area contributed by atoms with Crippen molar-refractivity contribution in [2.45, 2.75) is 50.5 Å². The number of hydrogen-bond acceptors (Lipinski definition) is 20. The zero-order valence-corrected chi connectivity index (χ0v) is 40.9. The number of nitro groups is 2. The largest absolute Gasteiger partial charge is 1.00 e. The van der Waals surface area contributed by atoms with Gasteiger partial charge in [-0.1, -0.05) is 18.3 Å². The van der Waals surface area contributed by atoms with E-state index in [2.05, 4.69) is 35.6 Å². The predicted molar refractivity (Wildman–Crippen MR) is 163 cm³/mol. The van der Waals surface area contributed by atoms with E-state index in [0.29, 0.717) is 25.8 Å². The number of carbonyl (C=O) groups is 1. The topological polar surface area (TPSA) is 383 Å². The summed E-state index contributed by atoms with van der Waals surface area (Å²) in [4.78, 5) is 103. The molecule has 286 valence electrons. The molecule has 56 heavy (non-hydrogen) atoms. The average Bonchev–Trinajstić information content (AvgIpc) is 3.38. The van der Waals surface area contributed by atoms with Crippen molar-refractivity contribution in [2.75, 3.05) is 25.0 Å². The molecule has 1 saturated heterocycles. The van der Waals surface area contributed by atoms with Gasteiger partial charge in [-0.05, 0) is 18.9 Å². The van der Waals surface area contributed by atoms with Gasteiger partial charge in [-0.15, -0.1) is 0 Å². The van der Waals surface area contributed by atoms with E-state index < -0.39 is 81.0 Å². The monoisotopic (exact) mass is 888 g/mol. The standard InChI is InChI=1S/C24H31N6O19P3.4Na/c31-19-12-22(47-20(19)14-46-51(42,43)49-52(44,45)48-50(39,40)41)28-13-15(23(33)27-24(28)34)5-4-10-26-21(32)6-2-1-3-9-25-17-8-7-16(29(35)36)11-18(17)30(37)38;;;;/h7-8,11,13,19-20,22,25,31H,1-3,6,9-10,12,14H2,(H,26,32)(H,42,43)(H,44,45)(H,27,33,34)(H2,39,40,41);;;;/q;4*+1/p-4/t19-,20+,22+;;;;/m0..../s1. The number of aromatic amines is 1. The maximum Gasteiger partial charge on any atom is 1.00 e. The van der Waals surface area contributed by atoms with Gasteiger partial charge in [-0.2, -0.15) is 0 Å². The van der Waals surface area contributed by atoms with Gasteiger partial charge in [-0.25, -0.2) is 9.11 Å². The first kappa shape index (κ1) is 58.0. The van der Waals surface area contributed by atoms with E-state index in [1.54, 1.807) is 0 Å². The van der Waals surface area contributed by atoms with Gasteiger partial charge in [0.15, 0.2) is 0 Å². The zero-order chi connectivity index (χ0) is 38.9. The van der Waals surface area contributed by atoms with Gasteiger partial charge >= 0.3 is 124 Å². The molecular formula is C24H27N6Na4O19P3. The van der Waals surface area contributed by atoms with Crippen LogP contribution >= 0.6 is 23.5 Å². The molecule has 2 aromatic rings. The Morgan fingerprint density at radius 1 is 1.00 bits per heavy atom. The Morgan fingerprint density at radius 3 is 2.27 bits per heavy atom. The molecule has 25 nitrogen and oxygen atoms in total. The van der Waals surface area contributed by atoms with Crippen LogP contribution < -0.4 is 160 Å². The number of phosphoric acid groups is 3. The number of aliphatic hydroxyl groups is 1. The molecule has 1 fully saturated rings. The molecule has 1 aliphatic rings. The number of nitrogens with zero attached hydrogens (tertiary/aromatic N) is 3. The van der Waals surface area contributed by atoms with Crippen LogP contribution in [0.2, 0.25) is 0 Å². The van der Waals surface area contributed by atoms with E-state index in [9.17, 15) is 73.0 Å². The van der Waals surface area contributed by atoms with Crippen molar-refractivity contribution < 1.29 is 189 Å². The Morgan fingerprint density at radius 2 is 1.66 bits per heavy atom. The summed E-state index contributed by atoms with van der Waals surface area (Å²) in [5.74, 6) is 4.59. The van der Waals surface area contributed by atoms with E-state index in [-0.39, 0.29) is 155 Å². The number of ether oxygens (including phenoxy) is 1. The first-order valence-electron chi connectivity index (χ1n) is 14.5. The second kappa shape index (κ2) is 26.3. The maximum atomic E-state index is 12.4. The summed E-state index contributed by atoms with van der Waals surface area (Å²) in [6.07, 6.45) is -2.22. The van der Waals surface area contributed by atoms with Crippen LogP contribution in [0.1, 0.15) is 43.9 Å². The van der Waals surface area contributed by atoms with Gasteiger partial charge in [0.2, 0.25) is 5.91 Å². The van der Waals surface area contributed by atoms with Crippen molar-refractivity contribution in [3.63, 3.8) is 0 Å². The van der Waals surface area contributed by atoms with Crippen molar-refractivity contribution in [1.29, 1.82) is 0 Å². The molecule has 32 heteroatoms. The van der Waals surface area contributed by atoms with Crippen molar-refractivity contribution in [2.24, 2.45) is 0 Å². The van der Waals surface area contributed by atoms with Gasteiger partial charge in [0, 0.05) is 31.6 Å². The number of rotatable bonds is 18. The minimum atomic E-state index is -6.22. The van der Waals surface area contributed by atoms with Gasteiger partial charge < -0.3 is 49.1 Å². The summed E-state index contributed by atoms with van der Waals surface area (Å²) < 4.78 is 50.4. The summed E-state index contributed by atoms with van der Waals surface area (Å²) in [5, 5.41) is 37.6. The van der Waals surface area contributed by atoms with E-state index in [0.717, 1.165) is 22.9 Å². The molecule has 0 saturated carbocycles. The number of nitrogens with one attached hydrogen (secondary N) is 3. The molecule has 1 aromatic carbocycles. The maximum absolute atomic E-state index is 12.4. The molecule has 1 amide bonds. The number of benzene rings is 1. The molecule has 0 radical (unpaired) electrons. The molecule has 0 aliphatic carbocycles. The Balaban J connectivity index is 0. The molecule has 2 heterocycles. The number of anilines is 1. The number of hydrogen-bond donors (Lipinski definition) is 4. The second-order valence-electron chi connectivity index (χ2n) is 10.5. The fraction of sp³-hybridized carbons (Fsp3) is 0.458. The zero-order valence-electron chi connectivity index (χ0n) is 30.2. The van der Waals surface area contributed by atoms with Crippen LogP contribution in [-0.4, -0.2) is 62.3 Å². The average molecular weight is 888 g/mol. The number of aromatic nitrogens is 2. The molecule has 4 N–H and O–H groups in total. The quantitative estimate of drug-likeness (QED) is 0.0270. The van der Waals surface area contributed by atoms with E-state index in [4.69, 9.17) is 4.74 Å². The minimum absolute atomic E-state index is 0. The number of unbranched alkanes of at least 4 members (excludes halogenated alkanes) is 2. The van der Waals surface area contributed by atoms with Gasteiger partial charge in [0.25, 0.3) is 32.6 Å². The van der Waals surface area contributed by atoms with E-state index in [1.807, 2.05) is 4.98 Å². The Bertz CT molecular complexity index is 2010.